The monoisotopic (exact) mass is 306 g/mol. The largest absolute Gasteiger partial charge is 0.0637 e. The maximum absolute atomic E-state index is 2.42. The van der Waals surface area contributed by atoms with Crippen molar-refractivity contribution in [3.63, 3.8) is 0 Å². The summed E-state index contributed by atoms with van der Waals surface area (Å²) >= 11 is 0. The minimum Gasteiger partial charge on any atom is -0.0637 e. The predicted octanol–water partition coefficient (Wildman–Crippen LogP) is 6.19. The molecule has 0 aliphatic rings. The van der Waals surface area contributed by atoms with Crippen LogP contribution < -0.4 is 5.30 Å². The van der Waals surface area contributed by atoms with Crippen LogP contribution in [0.25, 0.3) is 0 Å². The van der Waals surface area contributed by atoms with Gasteiger partial charge in [0.05, 0.1) is 0 Å². The smallest absolute Gasteiger partial charge is 0.0134 e. The summed E-state index contributed by atoms with van der Waals surface area (Å²) in [6.45, 7) is 26.1. The fraction of sp³-hybridized carbons (Fsp3) is 0.700. The van der Waals surface area contributed by atoms with Gasteiger partial charge in [0.15, 0.2) is 0 Å². The summed E-state index contributed by atoms with van der Waals surface area (Å²) in [6.07, 6.45) is 1.15. The first-order chi connectivity index (χ1) is 9.34. The van der Waals surface area contributed by atoms with Crippen molar-refractivity contribution in [3.05, 3.63) is 27.8 Å². The molecule has 0 radical (unpaired) electrons. The molecule has 21 heavy (non-hydrogen) atoms. The highest BCUT2D eigenvalue weighted by atomic mass is 31.1. The predicted molar refractivity (Wildman–Crippen MR) is 101 cm³/mol. The maximum Gasteiger partial charge on any atom is -0.0134 e. The zero-order valence-corrected chi connectivity index (χ0v) is 17.0. The molecular formula is C20H35P. The summed E-state index contributed by atoms with van der Waals surface area (Å²) < 4.78 is 0. The van der Waals surface area contributed by atoms with Crippen molar-refractivity contribution in [2.24, 2.45) is 0 Å². The second-order valence-electron chi connectivity index (χ2n) is 8.36. The van der Waals surface area contributed by atoms with Gasteiger partial charge in [0.1, 0.15) is 0 Å². The molecule has 1 aromatic carbocycles. The van der Waals surface area contributed by atoms with E-state index < -0.39 is 0 Å². The van der Waals surface area contributed by atoms with Gasteiger partial charge in [-0.2, -0.15) is 0 Å². The Morgan fingerprint density at radius 1 is 0.667 bits per heavy atom. The number of rotatable bonds is 2. The van der Waals surface area contributed by atoms with Crippen LogP contribution in [0, 0.1) is 27.7 Å². The van der Waals surface area contributed by atoms with Gasteiger partial charge in [0.2, 0.25) is 0 Å². The zero-order chi connectivity index (χ0) is 16.7. The Morgan fingerprint density at radius 3 is 1.38 bits per heavy atom. The van der Waals surface area contributed by atoms with Crippen LogP contribution in [0.1, 0.15) is 76.3 Å². The first-order valence-corrected chi connectivity index (χ1v) is 9.57. The van der Waals surface area contributed by atoms with E-state index in [0.29, 0.717) is 10.3 Å². The fourth-order valence-corrected chi connectivity index (χ4v) is 8.24. The molecule has 0 aliphatic carbocycles. The molecule has 1 rings (SSSR count). The van der Waals surface area contributed by atoms with Gasteiger partial charge in [-0.25, -0.2) is 0 Å². The zero-order valence-electron chi connectivity index (χ0n) is 16.2. The van der Waals surface area contributed by atoms with Crippen LogP contribution in [0.5, 0.6) is 0 Å². The Labute approximate surface area is 134 Å². The standard InChI is InChI=1S/C20H35P/c1-12-17-15(4)13(2)14(3)16(5)18(17)21(19(6,7)8)20(9,10)11/h12H2,1-11H3. The van der Waals surface area contributed by atoms with Crippen LogP contribution in [0.15, 0.2) is 0 Å². The maximum atomic E-state index is 2.42. The molecule has 0 nitrogen and oxygen atoms in total. The van der Waals surface area contributed by atoms with E-state index in [1.165, 1.54) is 16.7 Å². The summed E-state index contributed by atoms with van der Waals surface area (Å²) in [5.74, 6) is 0. The van der Waals surface area contributed by atoms with E-state index in [1.54, 1.807) is 16.4 Å². The van der Waals surface area contributed by atoms with Crippen molar-refractivity contribution < 1.29 is 0 Å². The molecule has 0 saturated heterocycles. The Hall–Kier alpha value is -0.350. The van der Waals surface area contributed by atoms with E-state index in [0.717, 1.165) is 6.42 Å². The molecule has 0 N–H and O–H groups in total. The molecule has 1 aromatic rings. The van der Waals surface area contributed by atoms with Crippen LogP contribution in [0.3, 0.4) is 0 Å². The number of hydrogen-bond acceptors (Lipinski definition) is 0. The molecule has 0 unspecified atom stereocenters. The average Bonchev–Trinajstić information content (AvgIpc) is 2.30. The summed E-state index contributed by atoms with van der Waals surface area (Å²) in [7, 11) is -0.230. The lowest BCUT2D eigenvalue weighted by molar-refractivity contribution is 0.714. The molecule has 120 valence electrons. The van der Waals surface area contributed by atoms with E-state index >= 15 is 0 Å². The summed E-state index contributed by atoms with van der Waals surface area (Å²) in [5.41, 5.74) is 7.68. The average molecular weight is 306 g/mol. The summed E-state index contributed by atoms with van der Waals surface area (Å²) in [5, 5.41) is 2.35. The van der Waals surface area contributed by atoms with E-state index in [-0.39, 0.29) is 7.92 Å². The highest BCUT2D eigenvalue weighted by Crippen LogP contribution is 2.59. The Morgan fingerprint density at radius 2 is 1.05 bits per heavy atom. The van der Waals surface area contributed by atoms with Gasteiger partial charge >= 0.3 is 0 Å². The highest BCUT2D eigenvalue weighted by molar-refractivity contribution is 7.68. The first-order valence-electron chi connectivity index (χ1n) is 8.23. The summed E-state index contributed by atoms with van der Waals surface area (Å²) in [4.78, 5) is 0. The molecule has 0 fully saturated rings. The van der Waals surface area contributed by atoms with Crippen molar-refractivity contribution >= 4 is 13.2 Å². The number of hydrogen-bond donors (Lipinski definition) is 0. The summed E-state index contributed by atoms with van der Waals surface area (Å²) in [6, 6.07) is 0. The molecule has 1 heteroatoms. The van der Waals surface area contributed by atoms with Crippen molar-refractivity contribution in [1.29, 1.82) is 0 Å². The fourth-order valence-electron chi connectivity index (χ4n) is 3.78. The van der Waals surface area contributed by atoms with Gasteiger partial charge in [-0.1, -0.05) is 56.4 Å². The second kappa shape index (κ2) is 6.04. The quantitative estimate of drug-likeness (QED) is 0.572. The second-order valence-corrected chi connectivity index (χ2v) is 12.2. The van der Waals surface area contributed by atoms with Crippen LogP contribution in [-0.2, 0) is 6.42 Å². The van der Waals surface area contributed by atoms with Crippen molar-refractivity contribution in [1.82, 2.24) is 0 Å². The molecule has 0 atom stereocenters. The Kier molecular flexibility index (Phi) is 5.37. The van der Waals surface area contributed by atoms with Crippen LogP contribution in [0.2, 0.25) is 0 Å². The van der Waals surface area contributed by atoms with Gasteiger partial charge in [-0.05, 0) is 77.5 Å². The lowest BCUT2D eigenvalue weighted by atomic mass is 9.93. The van der Waals surface area contributed by atoms with Crippen LogP contribution in [-0.4, -0.2) is 10.3 Å². The third-order valence-electron chi connectivity index (χ3n) is 4.70. The molecule has 0 spiro atoms. The van der Waals surface area contributed by atoms with Gasteiger partial charge in [0, 0.05) is 0 Å². The van der Waals surface area contributed by atoms with Gasteiger partial charge in [0.25, 0.3) is 0 Å². The molecule has 0 aromatic heterocycles. The topological polar surface area (TPSA) is 0 Å². The highest BCUT2D eigenvalue weighted by Gasteiger charge is 2.38. The van der Waals surface area contributed by atoms with E-state index in [2.05, 4.69) is 76.2 Å². The number of benzene rings is 1. The van der Waals surface area contributed by atoms with E-state index in [1.807, 2.05) is 0 Å². The molecule has 0 amide bonds. The minimum atomic E-state index is -0.230. The van der Waals surface area contributed by atoms with Crippen molar-refractivity contribution in [2.45, 2.75) is 92.9 Å². The molecule has 0 bridgehead atoms. The minimum absolute atomic E-state index is 0.230. The van der Waals surface area contributed by atoms with Crippen LogP contribution in [0.4, 0.5) is 0 Å². The third kappa shape index (κ3) is 3.53. The lowest BCUT2D eigenvalue weighted by Gasteiger charge is -2.44. The lowest BCUT2D eigenvalue weighted by Crippen LogP contribution is -2.34. The molecule has 0 aliphatic heterocycles. The molecule has 0 saturated carbocycles. The SMILES string of the molecule is CCc1c(C)c(C)c(C)c(C)c1P(C(C)(C)C)C(C)(C)C. The van der Waals surface area contributed by atoms with Crippen molar-refractivity contribution in [3.8, 4) is 0 Å². The molecular weight excluding hydrogens is 271 g/mol. The first kappa shape index (κ1) is 18.7. The Balaban J connectivity index is 3.83. The Bertz CT molecular complexity index is 510. The van der Waals surface area contributed by atoms with Gasteiger partial charge in [-0.3, -0.25) is 0 Å². The van der Waals surface area contributed by atoms with Crippen LogP contribution >= 0.6 is 7.92 Å². The van der Waals surface area contributed by atoms with Gasteiger partial charge in [-0.15, -0.1) is 0 Å². The normalized spacial score (nSPS) is 13.1. The third-order valence-corrected chi connectivity index (χ3v) is 8.44. The molecule has 0 heterocycles. The van der Waals surface area contributed by atoms with E-state index in [9.17, 15) is 0 Å². The van der Waals surface area contributed by atoms with Crippen molar-refractivity contribution in [2.75, 3.05) is 0 Å². The van der Waals surface area contributed by atoms with Gasteiger partial charge < -0.3 is 0 Å². The van der Waals surface area contributed by atoms with E-state index in [4.69, 9.17) is 0 Å².